The molecule has 0 aliphatic heterocycles. The third-order valence-electron chi connectivity index (χ3n) is 3.11. The van der Waals surface area contributed by atoms with Gasteiger partial charge in [-0.3, -0.25) is 4.79 Å². The van der Waals surface area contributed by atoms with E-state index < -0.39 is 0 Å². The van der Waals surface area contributed by atoms with Crippen LogP contribution in [0.3, 0.4) is 0 Å². The number of aromatic nitrogens is 3. The first kappa shape index (κ1) is 13.6. The van der Waals surface area contributed by atoms with Gasteiger partial charge in [0.1, 0.15) is 0 Å². The minimum atomic E-state index is -0.270. The number of ether oxygens (including phenoxy) is 1. The van der Waals surface area contributed by atoms with Crippen LogP contribution in [0.4, 0.5) is 0 Å². The number of nitrogens with zero attached hydrogens (tertiary/aromatic N) is 2. The van der Waals surface area contributed by atoms with Crippen LogP contribution in [0.15, 0.2) is 29.1 Å². The van der Waals surface area contributed by atoms with Gasteiger partial charge in [-0.05, 0) is 44.3 Å². The fourth-order valence-electron chi connectivity index (χ4n) is 2.14. The number of thiocarbonyl (C=S) groups is 1. The molecular formula is C15H13N3O2S. The molecule has 21 heavy (non-hydrogen) atoms. The van der Waals surface area contributed by atoms with Gasteiger partial charge in [-0.15, -0.1) is 0 Å². The first-order valence-electron chi connectivity index (χ1n) is 6.57. The zero-order chi connectivity index (χ0) is 15.0. The molecule has 0 unspecified atom stereocenters. The molecule has 3 rings (SSSR count). The average Bonchev–Trinajstić information content (AvgIpc) is 2.46. The Balaban J connectivity index is 2.27. The van der Waals surface area contributed by atoms with Gasteiger partial charge in [0.2, 0.25) is 5.05 Å². The molecule has 3 aromatic rings. The molecule has 106 valence electrons. The van der Waals surface area contributed by atoms with Crippen LogP contribution in [0.25, 0.3) is 21.9 Å². The quantitative estimate of drug-likeness (QED) is 0.581. The molecule has 0 atom stereocenters. The Hall–Kier alpha value is -2.34. The van der Waals surface area contributed by atoms with Gasteiger partial charge < -0.3 is 9.72 Å². The molecule has 6 heteroatoms. The highest BCUT2D eigenvalue weighted by Gasteiger charge is 2.11. The van der Waals surface area contributed by atoms with E-state index in [1.807, 2.05) is 32.0 Å². The van der Waals surface area contributed by atoms with E-state index in [2.05, 4.69) is 15.0 Å². The summed E-state index contributed by atoms with van der Waals surface area (Å²) in [6.07, 6.45) is 0. The third kappa shape index (κ3) is 2.50. The predicted molar refractivity (Wildman–Crippen MR) is 85.7 cm³/mol. The molecule has 0 amide bonds. The summed E-state index contributed by atoms with van der Waals surface area (Å²) in [5.41, 5.74) is 2.00. The number of rotatable bonds is 2. The molecule has 0 saturated carbocycles. The van der Waals surface area contributed by atoms with Gasteiger partial charge in [0, 0.05) is 5.39 Å². The maximum absolute atomic E-state index is 12.2. The van der Waals surface area contributed by atoms with E-state index in [-0.39, 0.29) is 16.4 Å². The molecule has 0 aliphatic carbocycles. The Labute approximate surface area is 126 Å². The van der Waals surface area contributed by atoms with Crippen LogP contribution >= 0.6 is 12.2 Å². The van der Waals surface area contributed by atoms with Crippen molar-refractivity contribution in [2.75, 3.05) is 6.61 Å². The highest BCUT2D eigenvalue weighted by atomic mass is 32.1. The van der Waals surface area contributed by atoms with E-state index in [1.165, 1.54) is 0 Å². The van der Waals surface area contributed by atoms with E-state index in [9.17, 15) is 4.79 Å². The van der Waals surface area contributed by atoms with Crippen molar-refractivity contribution in [3.8, 4) is 0 Å². The number of hydrogen-bond acceptors (Lipinski definition) is 5. The molecule has 0 fully saturated rings. The number of aryl methyl sites for hydroxylation is 1. The van der Waals surface area contributed by atoms with Crippen LogP contribution in [0.2, 0.25) is 0 Å². The van der Waals surface area contributed by atoms with Gasteiger partial charge in [-0.1, -0.05) is 11.6 Å². The zero-order valence-corrected chi connectivity index (χ0v) is 12.5. The van der Waals surface area contributed by atoms with Crippen molar-refractivity contribution < 1.29 is 4.74 Å². The molecule has 2 heterocycles. The smallest absolute Gasteiger partial charge is 0.260 e. The lowest BCUT2D eigenvalue weighted by Crippen LogP contribution is -2.17. The summed E-state index contributed by atoms with van der Waals surface area (Å²) < 4.78 is 5.21. The maximum Gasteiger partial charge on any atom is 0.260 e. The first-order chi connectivity index (χ1) is 10.1. The van der Waals surface area contributed by atoms with Crippen LogP contribution < -0.4 is 5.56 Å². The fraction of sp³-hybridized carbons (Fsp3) is 0.200. The van der Waals surface area contributed by atoms with Crippen LogP contribution in [0.5, 0.6) is 0 Å². The van der Waals surface area contributed by atoms with Crippen LogP contribution in [0, 0.1) is 6.92 Å². The number of H-pyrrole nitrogens is 1. The molecule has 0 spiro atoms. The number of nitrogens with one attached hydrogen (secondary N) is 1. The van der Waals surface area contributed by atoms with E-state index in [4.69, 9.17) is 17.0 Å². The summed E-state index contributed by atoms with van der Waals surface area (Å²) in [5.74, 6) is 0.239. The van der Waals surface area contributed by atoms with E-state index >= 15 is 0 Å². The van der Waals surface area contributed by atoms with Crippen molar-refractivity contribution in [2.45, 2.75) is 13.8 Å². The Kier molecular flexibility index (Phi) is 3.39. The molecule has 0 radical (unpaired) electrons. The van der Waals surface area contributed by atoms with E-state index in [0.717, 1.165) is 16.5 Å². The largest absolute Gasteiger partial charge is 0.481 e. The molecule has 0 aliphatic rings. The summed E-state index contributed by atoms with van der Waals surface area (Å²) in [4.78, 5) is 23.6. The van der Waals surface area contributed by atoms with Gasteiger partial charge in [-0.25, -0.2) is 9.97 Å². The minimum Gasteiger partial charge on any atom is -0.481 e. The normalized spacial score (nSPS) is 11.0. The number of aromatic amines is 1. The lowest BCUT2D eigenvalue weighted by molar-refractivity contribution is 0.335. The SMILES string of the molecule is CCOC(=S)c1nc2nc3ccc(C)cc3cc2c(=O)[nH]1. The van der Waals surface area contributed by atoms with Gasteiger partial charge in [-0.2, -0.15) is 0 Å². The highest BCUT2D eigenvalue weighted by molar-refractivity contribution is 7.80. The van der Waals surface area contributed by atoms with Crippen LogP contribution in [-0.4, -0.2) is 26.6 Å². The van der Waals surface area contributed by atoms with Crippen molar-refractivity contribution >= 4 is 39.2 Å². The van der Waals surface area contributed by atoms with Gasteiger partial charge in [0.05, 0.1) is 17.5 Å². The van der Waals surface area contributed by atoms with Gasteiger partial charge in [0.15, 0.2) is 11.5 Å². The molecule has 2 aromatic heterocycles. The number of fused-ring (bicyclic) bond motifs is 2. The van der Waals surface area contributed by atoms with Crippen LogP contribution in [0.1, 0.15) is 18.3 Å². The van der Waals surface area contributed by atoms with Crippen LogP contribution in [-0.2, 0) is 4.74 Å². The lowest BCUT2D eigenvalue weighted by Gasteiger charge is -2.06. The van der Waals surface area contributed by atoms with Gasteiger partial charge >= 0.3 is 0 Å². The summed E-state index contributed by atoms with van der Waals surface area (Å²) in [5, 5.41) is 1.52. The third-order valence-corrected chi connectivity index (χ3v) is 3.42. The summed E-state index contributed by atoms with van der Waals surface area (Å²) >= 11 is 5.07. The topological polar surface area (TPSA) is 67.9 Å². The van der Waals surface area contributed by atoms with Crippen molar-refractivity contribution in [1.82, 2.24) is 15.0 Å². The number of hydrogen-bond donors (Lipinski definition) is 1. The fourth-order valence-corrected chi connectivity index (χ4v) is 2.36. The van der Waals surface area contributed by atoms with E-state index in [1.54, 1.807) is 6.07 Å². The Bertz CT molecular complexity index is 918. The highest BCUT2D eigenvalue weighted by Crippen LogP contribution is 2.17. The Morgan fingerprint density at radius 1 is 1.33 bits per heavy atom. The van der Waals surface area contributed by atoms with Crippen molar-refractivity contribution in [3.63, 3.8) is 0 Å². The molecule has 0 saturated heterocycles. The number of benzene rings is 1. The molecular weight excluding hydrogens is 286 g/mol. The van der Waals surface area contributed by atoms with E-state index in [0.29, 0.717) is 17.6 Å². The predicted octanol–water partition coefficient (Wildman–Crippen LogP) is 2.49. The second-order valence-corrected chi connectivity index (χ2v) is 5.06. The standard InChI is InChI=1S/C15H13N3O2S/c1-3-20-15(21)13-17-12-10(14(19)18-13)7-9-6-8(2)4-5-11(9)16-12/h4-7H,3H2,1-2H3,(H,16,17,18,19). The van der Waals surface area contributed by atoms with Gasteiger partial charge in [0.25, 0.3) is 5.56 Å². The lowest BCUT2D eigenvalue weighted by atomic mass is 10.1. The minimum absolute atomic E-state index is 0.169. The van der Waals surface area contributed by atoms with Crippen molar-refractivity contribution in [3.05, 3.63) is 46.0 Å². The molecule has 1 N–H and O–H groups in total. The molecule has 0 bridgehead atoms. The number of pyridine rings is 1. The average molecular weight is 299 g/mol. The second-order valence-electron chi connectivity index (χ2n) is 4.69. The summed E-state index contributed by atoms with van der Waals surface area (Å²) in [6.45, 7) is 4.24. The monoisotopic (exact) mass is 299 g/mol. The van der Waals surface area contributed by atoms with Crippen molar-refractivity contribution in [1.29, 1.82) is 0 Å². The first-order valence-corrected chi connectivity index (χ1v) is 6.98. The van der Waals surface area contributed by atoms with Crippen molar-refractivity contribution in [2.24, 2.45) is 0 Å². The summed E-state index contributed by atoms with van der Waals surface area (Å²) in [7, 11) is 0. The molecule has 5 nitrogen and oxygen atoms in total. The summed E-state index contributed by atoms with van der Waals surface area (Å²) in [6, 6.07) is 7.66. The Morgan fingerprint density at radius 3 is 2.90 bits per heavy atom. The molecule has 1 aromatic carbocycles. The Morgan fingerprint density at radius 2 is 2.14 bits per heavy atom. The zero-order valence-electron chi connectivity index (χ0n) is 11.6. The maximum atomic E-state index is 12.2. The second kappa shape index (κ2) is 5.21.